The molecule has 0 spiro atoms. The topological polar surface area (TPSA) is 75.8 Å². The lowest BCUT2D eigenvalue weighted by molar-refractivity contribution is -0.143. The fourth-order valence-corrected chi connectivity index (χ4v) is 3.98. The Kier molecular flexibility index (Phi) is 7.59. The number of benzene rings is 2. The molecule has 11 heteroatoms. The molecule has 1 amide bonds. The first-order valence-electron chi connectivity index (χ1n) is 10.5. The van der Waals surface area contributed by atoms with E-state index < -0.39 is 60.2 Å². The van der Waals surface area contributed by atoms with Gasteiger partial charge in [0, 0.05) is 19.0 Å². The highest BCUT2D eigenvalue weighted by Gasteiger charge is 2.40. The van der Waals surface area contributed by atoms with E-state index in [1.54, 1.807) is 30.3 Å². The number of carbonyl (C=O) groups is 1. The minimum atomic E-state index is -4.97. The summed E-state index contributed by atoms with van der Waals surface area (Å²) in [5, 5.41) is 9.20. The molecule has 1 saturated heterocycles. The molecule has 0 aromatic heterocycles. The van der Waals surface area contributed by atoms with Crippen molar-refractivity contribution < 1.29 is 41.0 Å². The number of likely N-dealkylation sites (tertiary alicyclic amines) is 1. The lowest BCUT2D eigenvalue weighted by Gasteiger charge is -2.25. The lowest BCUT2D eigenvalue weighted by Crippen LogP contribution is -2.45. The van der Waals surface area contributed by atoms with E-state index >= 15 is 0 Å². The second-order valence-electron chi connectivity index (χ2n) is 8.21. The molecule has 0 radical (unpaired) electrons. The number of ether oxygens (including phenoxy) is 1. The Labute approximate surface area is 192 Å². The summed E-state index contributed by atoms with van der Waals surface area (Å²) in [6.07, 6.45) is -11.8. The standard InChI is InChI=1S/C23H24F6N2O3/c1-13(15-7-16(22(24,25)26)9-17(8-15)23(27,28)29)34-20-11-31(21(33)19(30)12-32)10-18(20)14-5-3-2-4-6-14/h2-9,13,18-20,32H,10-12,30H2,1H3/t13-,18-,19?,20+/m1/s1. The van der Waals surface area contributed by atoms with Gasteiger partial charge in [0.1, 0.15) is 6.04 Å². The number of nitrogens with zero attached hydrogens (tertiary/aromatic N) is 1. The Bertz CT molecular complexity index is 964. The van der Waals surface area contributed by atoms with E-state index in [1.807, 2.05) is 0 Å². The second kappa shape index (κ2) is 9.93. The monoisotopic (exact) mass is 490 g/mol. The molecular formula is C23H24F6N2O3. The van der Waals surface area contributed by atoms with Gasteiger partial charge in [-0.05, 0) is 36.2 Å². The third-order valence-corrected chi connectivity index (χ3v) is 5.78. The number of halogens is 6. The van der Waals surface area contributed by atoms with Crippen LogP contribution in [0.4, 0.5) is 26.3 Å². The zero-order chi connectivity index (χ0) is 25.3. The highest BCUT2D eigenvalue weighted by molar-refractivity contribution is 5.82. The molecule has 2 aromatic carbocycles. The maximum absolute atomic E-state index is 13.3. The zero-order valence-corrected chi connectivity index (χ0v) is 18.1. The van der Waals surface area contributed by atoms with Crippen LogP contribution in [0.5, 0.6) is 0 Å². The molecule has 0 bridgehead atoms. The van der Waals surface area contributed by atoms with Crippen LogP contribution in [0.15, 0.2) is 48.5 Å². The second-order valence-corrected chi connectivity index (χ2v) is 8.21. The minimum absolute atomic E-state index is 0.0154. The van der Waals surface area contributed by atoms with Gasteiger partial charge < -0.3 is 20.5 Å². The number of aliphatic hydroxyl groups is 1. The van der Waals surface area contributed by atoms with Gasteiger partial charge in [0.05, 0.1) is 29.9 Å². The average molecular weight is 490 g/mol. The van der Waals surface area contributed by atoms with Crippen LogP contribution in [0.2, 0.25) is 0 Å². The van der Waals surface area contributed by atoms with E-state index in [2.05, 4.69) is 0 Å². The summed E-state index contributed by atoms with van der Waals surface area (Å²) in [7, 11) is 0. The molecule has 0 saturated carbocycles. The number of hydrogen-bond acceptors (Lipinski definition) is 4. The molecule has 186 valence electrons. The summed E-state index contributed by atoms with van der Waals surface area (Å²) in [4.78, 5) is 13.9. The Morgan fingerprint density at radius 2 is 1.62 bits per heavy atom. The number of alkyl halides is 6. The van der Waals surface area contributed by atoms with Crippen molar-refractivity contribution in [2.45, 2.75) is 43.4 Å². The normalized spacial score (nSPS) is 20.9. The molecule has 1 aliphatic rings. The summed E-state index contributed by atoms with van der Waals surface area (Å²) in [5.74, 6) is -0.924. The van der Waals surface area contributed by atoms with Crippen molar-refractivity contribution in [3.05, 3.63) is 70.8 Å². The lowest BCUT2D eigenvalue weighted by atomic mass is 9.95. The number of hydrogen-bond donors (Lipinski definition) is 2. The molecule has 3 rings (SSSR count). The van der Waals surface area contributed by atoms with E-state index in [9.17, 15) is 36.2 Å². The highest BCUT2D eigenvalue weighted by atomic mass is 19.4. The Hall–Kier alpha value is -2.63. The van der Waals surface area contributed by atoms with Gasteiger partial charge in [0.2, 0.25) is 5.91 Å². The van der Waals surface area contributed by atoms with Gasteiger partial charge in [-0.15, -0.1) is 0 Å². The van der Waals surface area contributed by atoms with Crippen molar-refractivity contribution >= 4 is 5.91 Å². The summed E-state index contributed by atoms with van der Waals surface area (Å²) in [6, 6.07) is 9.08. The molecule has 1 unspecified atom stereocenters. The quantitative estimate of drug-likeness (QED) is 0.598. The van der Waals surface area contributed by atoms with Gasteiger partial charge in [-0.3, -0.25) is 4.79 Å². The molecule has 1 fully saturated rings. The van der Waals surface area contributed by atoms with E-state index in [-0.39, 0.29) is 24.7 Å². The smallest absolute Gasteiger partial charge is 0.394 e. The van der Waals surface area contributed by atoms with Gasteiger partial charge in [0.25, 0.3) is 0 Å². The molecule has 34 heavy (non-hydrogen) atoms. The fourth-order valence-electron chi connectivity index (χ4n) is 3.98. The van der Waals surface area contributed by atoms with Crippen LogP contribution in [0, 0.1) is 0 Å². The first-order valence-corrected chi connectivity index (χ1v) is 10.5. The van der Waals surface area contributed by atoms with Crippen molar-refractivity contribution in [2.75, 3.05) is 19.7 Å². The summed E-state index contributed by atoms with van der Waals surface area (Å²) >= 11 is 0. The van der Waals surface area contributed by atoms with Crippen LogP contribution in [0.3, 0.4) is 0 Å². The first kappa shape index (κ1) is 26.0. The number of amides is 1. The molecule has 1 aliphatic heterocycles. The van der Waals surface area contributed by atoms with Gasteiger partial charge in [-0.1, -0.05) is 30.3 Å². The Balaban J connectivity index is 1.92. The van der Waals surface area contributed by atoms with Gasteiger partial charge in [-0.2, -0.15) is 26.3 Å². The van der Waals surface area contributed by atoms with Crippen LogP contribution in [-0.2, 0) is 21.9 Å². The van der Waals surface area contributed by atoms with E-state index in [0.29, 0.717) is 12.1 Å². The first-order chi connectivity index (χ1) is 15.8. The molecule has 5 nitrogen and oxygen atoms in total. The molecule has 0 aliphatic carbocycles. The maximum Gasteiger partial charge on any atom is 0.416 e. The van der Waals surface area contributed by atoms with E-state index in [4.69, 9.17) is 10.5 Å². The van der Waals surface area contributed by atoms with Crippen LogP contribution < -0.4 is 5.73 Å². The number of nitrogens with two attached hydrogens (primary N) is 1. The van der Waals surface area contributed by atoms with Crippen LogP contribution >= 0.6 is 0 Å². The number of carbonyl (C=O) groups excluding carboxylic acids is 1. The SMILES string of the molecule is C[C@@H](O[C@H]1CN(C(=O)C(N)CO)C[C@@H]1c1ccccc1)c1cc(C(F)(F)F)cc(C(F)(F)F)c1. The Morgan fingerprint density at radius 3 is 2.12 bits per heavy atom. The molecule has 4 atom stereocenters. The van der Waals surface area contributed by atoms with E-state index in [0.717, 1.165) is 5.56 Å². The average Bonchev–Trinajstić information content (AvgIpc) is 3.20. The van der Waals surface area contributed by atoms with Gasteiger partial charge in [0.15, 0.2) is 0 Å². The predicted octanol–water partition coefficient (Wildman–Crippen LogP) is 4.12. The zero-order valence-electron chi connectivity index (χ0n) is 18.1. The van der Waals surface area contributed by atoms with Crippen molar-refractivity contribution in [1.82, 2.24) is 4.90 Å². The molecule has 2 aromatic rings. The van der Waals surface area contributed by atoms with Crippen molar-refractivity contribution in [3.8, 4) is 0 Å². The number of aliphatic hydroxyl groups excluding tert-OH is 1. The largest absolute Gasteiger partial charge is 0.416 e. The Morgan fingerprint density at radius 1 is 1.06 bits per heavy atom. The fraction of sp³-hybridized carbons (Fsp3) is 0.435. The molecule has 3 N–H and O–H groups in total. The third-order valence-electron chi connectivity index (χ3n) is 5.78. The maximum atomic E-state index is 13.3. The minimum Gasteiger partial charge on any atom is -0.394 e. The summed E-state index contributed by atoms with van der Waals surface area (Å²) in [5.41, 5.74) is 3.28. The van der Waals surface area contributed by atoms with Crippen molar-refractivity contribution in [1.29, 1.82) is 0 Å². The number of rotatable bonds is 6. The van der Waals surface area contributed by atoms with E-state index in [1.165, 1.54) is 11.8 Å². The van der Waals surface area contributed by atoms with Crippen LogP contribution in [-0.4, -0.2) is 47.8 Å². The predicted molar refractivity (Wildman–Crippen MR) is 111 cm³/mol. The summed E-state index contributed by atoms with van der Waals surface area (Å²) < 4.78 is 85.5. The summed E-state index contributed by atoms with van der Waals surface area (Å²) in [6.45, 7) is 0.977. The highest BCUT2D eigenvalue weighted by Crippen LogP contribution is 2.39. The van der Waals surface area contributed by atoms with Crippen molar-refractivity contribution in [3.63, 3.8) is 0 Å². The van der Waals surface area contributed by atoms with Crippen LogP contribution in [0.25, 0.3) is 0 Å². The van der Waals surface area contributed by atoms with Crippen LogP contribution in [0.1, 0.15) is 41.2 Å². The molecule has 1 heterocycles. The molecular weight excluding hydrogens is 466 g/mol. The van der Waals surface area contributed by atoms with Gasteiger partial charge >= 0.3 is 12.4 Å². The third kappa shape index (κ3) is 5.89. The van der Waals surface area contributed by atoms with Crippen molar-refractivity contribution in [2.24, 2.45) is 5.73 Å². The van der Waals surface area contributed by atoms with Gasteiger partial charge in [-0.25, -0.2) is 0 Å².